The number of halogens is 1. The zero-order valence-electron chi connectivity index (χ0n) is 15.1. The van der Waals surface area contributed by atoms with E-state index in [0.717, 1.165) is 5.56 Å². The lowest BCUT2D eigenvalue weighted by molar-refractivity contribution is 0.418. The Hall–Kier alpha value is -2.22. The number of rotatable bonds is 7. The molecule has 0 amide bonds. The van der Waals surface area contributed by atoms with E-state index >= 15 is 0 Å². The molecule has 1 aromatic heterocycles. The van der Waals surface area contributed by atoms with Crippen molar-refractivity contribution in [3.05, 3.63) is 66.0 Å². The third-order valence-corrected chi connectivity index (χ3v) is 5.81. The molecule has 6 nitrogen and oxygen atoms in total. The summed E-state index contributed by atoms with van der Waals surface area (Å²) in [6, 6.07) is 15.9. The first-order valence-electron chi connectivity index (χ1n) is 8.35. The highest BCUT2D eigenvalue weighted by atomic mass is 35.5. The van der Waals surface area contributed by atoms with Crippen LogP contribution in [0.25, 0.3) is 11.5 Å². The first kappa shape index (κ1) is 21.1. The average Bonchev–Trinajstić information content (AvgIpc) is 3.10. The normalized spacial score (nSPS) is 12.4. The molecule has 27 heavy (non-hydrogen) atoms. The molecule has 0 fully saturated rings. The Kier molecular flexibility index (Phi) is 7.12. The molecule has 144 valence electrons. The quantitative estimate of drug-likeness (QED) is 0.646. The monoisotopic (exact) mass is 407 g/mol. The maximum absolute atomic E-state index is 12.5. The molecule has 0 radical (unpaired) electrons. The summed E-state index contributed by atoms with van der Waals surface area (Å²) in [5.74, 6) is 0.970. The topological polar surface area (TPSA) is 85.1 Å². The van der Waals surface area contributed by atoms with Crippen molar-refractivity contribution in [2.24, 2.45) is 0 Å². The second-order valence-corrected chi connectivity index (χ2v) is 8.17. The lowest BCUT2D eigenvalue weighted by Gasteiger charge is -2.05. The number of hydrogen-bond acceptors (Lipinski definition) is 6. The molecule has 0 aliphatic carbocycles. The van der Waals surface area contributed by atoms with E-state index < -0.39 is 9.84 Å². The lowest BCUT2D eigenvalue weighted by atomic mass is 10.2. The first-order valence-corrected chi connectivity index (χ1v) is 10.00. The maximum Gasteiger partial charge on any atom is 0.257 e. The fourth-order valence-electron chi connectivity index (χ4n) is 2.51. The van der Waals surface area contributed by atoms with Gasteiger partial charge in [0.15, 0.2) is 15.7 Å². The van der Waals surface area contributed by atoms with Gasteiger partial charge in [0, 0.05) is 18.0 Å². The first-order chi connectivity index (χ1) is 12.5. The largest absolute Gasteiger partial charge is 0.334 e. The molecule has 0 aliphatic rings. The van der Waals surface area contributed by atoms with Crippen molar-refractivity contribution in [1.82, 2.24) is 15.5 Å². The Balaban J connectivity index is 0.00000261. The minimum absolute atomic E-state index is 0. The summed E-state index contributed by atoms with van der Waals surface area (Å²) in [6.07, 6.45) is 0.656. The van der Waals surface area contributed by atoms with Gasteiger partial charge in [-0.1, -0.05) is 35.5 Å². The van der Waals surface area contributed by atoms with Crippen LogP contribution in [0.1, 0.15) is 18.3 Å². The van der Waals surface area contributed by atoms with Crippen molar-refractivity contribution >= 4 is 22.2 Å². The van der Waals surface area contributed by atoms with Gasteiger partial charge in [0.05, 0.1) is 10.6 Å². The molecule has 0 bridgehead atoms. The van der Waals surface area contributed by atoms with E-state index in [2.05, 4.69) is 15.5 Å². The third kappa shape index (κ3) is 5.38. The Bertz CT molecular complexity index is 957. The van der Waals surface area contributed by atoms with Crippen LogP contribution in [0.2, 0.25) is 0 Å². The molecule has 1 unspecified atom stereocenters. The number of sulfone groups is 1. The van der Waals surface area contributed by atoms with Gasteiger partial charge in [-0.05, 0) is 43.8 Å². The summed E-state index contributed by atoms with van der Waals surface area (Å²) < 4.78 is 30.4. The Morgan fingerprint density at radius 2 is 1.74 bits per heavy atom. The molecular weight excluding hydrogens is 386 g/mol. The van der Waals surface area contributed by atoms with E-state index in [4.69, 9.17) is 4.52 Å². The van der Waals surface area contributed by atoms with E-state index in [1.807, 2.05) is 32.2 Å². The Morgan fingerprint density at radius 1 is 1.07 bits per heavy atom. The van der Waals surface area contributed by atoms with Crippen LogP contribution < -0.4 is 5.32 Å². The second-order valence-electron chi connectivity index (χ2n) is 6.18. The lowest BCUT2D eigenvalue weighted by Crippen LogP contribution is -2.24. The van der Waals surface area contributed by atoms with E-state index in [-0.39, 0.29) is 29.1 Å². The van der Waals surface area contributed by atoms with Crippen LogP contribution in [0.3, 0.4) is 0 Å². The van der Waals surface area contributed by atoms with Crippen molar-refractivity contribution in [2.75, 3.05) is 7.05 Å². The highest BCUT2D eigenvalue weighted by Crippen LogP contribution is 2.22. The van der Waals surface area contributed by atoms with Gasteiger partial charge in [0.2, 0.25) is 0 Å². The second kappa shape index (κ2) is 9.12. The zero-order valence-corrected chi connectivity index (χ0v) is 16.8. The van der Waals surface area contributed by atoms with Gasteiger partial charge in [-0.25, -0.2) is 8.42 Å². The number of hydrogen-bond donors (Lipinski definition) is 1. The van der Waals surface area contributed by atoms with Gasteiger partial charge in [-0.3, -0.25) is 0 Å². The zero-order chi connectivity index (χ0) is 18.6. The number of aromatic nitrogens is 2. The standard InChI is InChI=1S/C19H21N3O3S.ClH/c1-14(20-2)12-18-21-19(25-22-18)16-8-10-17(11-9-16)26(23,24)13-15-6-4-3-5-7-15;/h3-11,14,20H,12-13H2,1-2H3;1H. The molecule has 8 heteroatoms. The van der Waals surface area contributed by atoms with Crippen molar-refractivity contribution < 1.29 is 12.9 Å². The van der Waals surface area contributed by atoms with E-state index in [9.17, 15) is 8.42 Å². The molecule has 1 atom stereocenters. The van der Waals surface area contributed by atoms with E-state index in [1.54, 1.807) is 36.4 Å². The number of likely N-dealkylation sites (N-methyl/N-ethyl adjacent to an activating group) is 1. The number of nitrogens with one attached hydrogen (secondary N) is 1. The molecule has 1 N–H and O–H groups in total. The SMILES string of the molecule is CNC(C)Cc1noc(-c2ccc(S(=O)(=O)Cc3ccccc3)cc2)n1.Cl. The minimum atomic E-state index is -3.40. The number of benzene rings is 2. The molecule has 3 aromatic rings. The van der Waals surface area contributed by atoms with E-state index in [0.29, 0.717) is 23.7 Å². The number of nitrogens with zero attached hydrogens (tertiary/aromatic N) is 2. The highest BCUT2D eigenvalue weighted by Gasteiger charge is 2.17. The molecular formula is C19H22ClN3O3S. The van der Waals surface area contributed by atoms with Crippen molar-refractivity contribution in [3.63, 3.8) is 0 Å². The van der Waals surface area contributed by atoms with Gasteiger partial charge in [-0.2, -0.15) is 4.98 Å². The fourth-order valence-corrected chi connectivity index (χ4v) is 3.86. The van der Waals surface area contributed by atoms with Crippen LogP contribution in [0.15, 0.2) is 64.0 Å². The molecule has 0 aliphatic heterocycles. The molecule has 0 spiro atoms. The summed E-state index contributed by atoms with van der Waals surface area (Å²) in [6.45, 7) is 2.03. The van der Waals surface area contributed by atoms with Gasteiger partial charge in [0.25, 0.3) is 5.89 Å². The van der Waals surface area contributed by atoms with Gasteiger partial charge in [0.1, 0.15) is 0 Å². The van der Waals surface area contributed by atoms with Crippen molar-refractivity contribution in [3.8, 4) is 11.5 Å². The molecule has 3 rings (SSSR count). The molecule has 0 saturated heterocycles. The minimum Gasteiger partial charge on any atom is -0.334 e. The predicted molar refractivity (Wildman–Crippen MR) is 107 cm³/mol. The van der Waals surface area contributed by atoms with E-state index in [1.165, 1.54) is 0 Å². The Labute approximate surface area is 165 Å². The summed E-state index contributed by atoms with van der Waals surface area (Å²) in [5.41, 5.74) is 1.45. The molecule has 2 aromatic carbocycles. The summed E-state index contributed by atoms with van der Waals surface area (Å²) in [4.78, 5) is 4.63. The molecule has 0 saturated carbocycles. The van der Waals surface area contributed by atoms with Crippen LogP contribution in [0.4, 0.5) is 0 Å². The third-order valence-electron chi connectivity index (χ3n) is 4.11. The fraction of sp³-hybridized carbons (Fsp3) is 0.263. The van der Waals surface area contributed by atoms with Crippen LogP contribution in [0, 0.1) is 0 Å². The van der Waals surface area contributed by atoms with Crippen LogP contribution in [0.5, 0.6) is 0 Å². The smallest absolute Gasteiger partial charge is 0.257 e. The van der Waals surface area contributed by atoms with Crippen molar-refractivity contribution in [1.29, 1.82) is 0 Å². The molecule has 1 heterocycles. The van der Waals surface area contributed by atoms with Gasteiger partial charge >= 0.3 is 0 Å². The van der Waals surface area contributed by atoms with Crippen LogP contribution >= 0.6 is 12.4 Å². The Morgan fingerprint density at radius 3 is 2.37 bits per heavy atom. The van der Waals surface area contributed by atoms with Gasteiger partial charge < -0.3 is 9.84 Å². The summed E-state index contributed by atoms with van der Waals surface area (Å²) in [5, 5.41) is 7.08. The predicted octanol–water partition coefficient (Wildman–Crippen LogP) is 3.28. The summed E-state index contributed by atoms with van der Waals surface area (Å²) in [7, 11) is -1.53. The van der Waals surface area contributed by atoms with Crippen LogP contribution in [-0.2, 0) is 22.0 Å². The van der Waals surface area contributed by atoms with Gasteiger partial charge in [-0.15, -0.1) is 12.4 Å². The summed E-state index contributed by atoms with van der Waals surface area (Å²) >= 11 is 0. The maximum atomic E-state index is 12.5. The highest BCUT2D eigenvalue weighted by molar-refractivity contribution is 7.90. The van der Waals surface area contributed by atoms with Crippen molar-refractivity contribution in [2.45, 2.75) is 30.0 Å². The van der Waals surface area contributed by atoms with Crippen LogP contribution in [-0.4, -0.2) is 31.6 Å². The average molecular weight is 408 g/mol.